The summed E-state index contributed by atoms with van der Waals surface area (Å²) in [5.74, 6) is 0.152. The van der Waals surface area contributed by atoms with Gasteiger partial charge in [0.05, 0.1) is 25.4 Å². The van der Waals surface area contributed by atoms with E-state index in [0.717, 1.165) is 55.7 Å². The zero-order valence-corrected chi connectivity index (χ0v) is 23.4. The highest BCUT2D eigenvalue weighted by Gasteiger charge is 2.09. The predicted octanol–water partition coefficient (Wildman–Crippen LogP) is 7.34. The van der Waals surface area contributed by atoms with Gasteiger partial charge in [-0.15, -0.1) is 0 Å². The van der Waals surface area contributed by atoms with Gasteiger partial charge in [-0.2, -0.15) is 0 Å². The minimum absolute atomic E-state index is 0.190. The summed E-state index contributed by atoms with van der Waals surface area (Å²) >= 11 is 0. The normalized spacial score (nSPS) is 10.4. The summed E-state index contributed by atoms with van der Waals surface area (Å²) in [5, 5.41) is 0. The van der Waals surface area contributed by atoms with Gasteiger partial charge in [0.25, 0.3) is 0 Å². The van der Waals surface area contributed by atoms with E-state index >= 15 is 0 Å². The van der Waals surface area contributed by atoms with Gasteiger partial charge in [-0.25, -0.2) is 9.59 Å². The van der Waals surface area contributed by atoms with Crippen molar-refractivity contribution in [1.82, 2.24) is 0 Å². The van der Waals surface area contributed by atoms with Crippen LogP contribution in [0, 0.1) is 0 Å². The maximum Gasteiger partial charge on any atom is 0.343 e. The number of esters is 3. The molecule has 0 heterocycles. The van der Waals surface area contributed by atoms with Crippen LogP contribution in [-0.4, -0.2) is 37.7 Å². The van der Waals surface area contributed by atoms with Gasteiger partial charge >= 0.3 is 17.9 Å². The maximum atomic E-state index is 12.5. The van der Waals surface area contributed by atoms with Crippen molar-refractivity contribution in [3.8, 4) is 22.6 Å². The van der Waals surface area contributed by atoms with E-state index in [9.17, 15) is 14.4 Å². The summed E-state index contributed by atoms with van der Waals surface area (Å²) < 4.78 is 21.4. The number of hydrogen-bond donors (Lipinski definition) is 0. The van der Waals surface area contributed by atoms with E-state index in [-0.39, 0.29) is 5.97 Å². The molecule has 7 nitrogen and oxygen atoms in total. The van der Waals surface area contributed by atoms with Gasteiger partial charge in [-0.3, -0.25) is 4.79 Å². The summed E-state index contributed by atoms with van der Waals surface area (Å²) in [5.41, 5.74) is 2.61. The number of unbranched alkanes of at least 4 members (excludes halogenated alkanes) is 5. The molecule has 0 spiro atoms. The van der Waals surface area contributed by atoms with Crippen LogP contribution in [0.5, 0.6) is 11.5 Å². The minimum Gasteiger partial charge on any atom is -0.494 e. The van der Waals surface area contributed by atoms with Gasteiger partial charge in [0.1, 0.15) is 11.5 Å². The van der Waals surface area contributed by atoms with Gasteiger partial charge in [0.2, 0.25) is 0 Å². The summed E-state index contributed by atoms with van der Waals surface area (Å²) in [4.78, 5) is 35.2. The number of ether oxygens (including phenoxy) is 4. The van der Waals surface area contributed by atoms with E-state index in [4.69, 9.17) is 18.9 Å². The van der Waals surface area contributed by atoms with E-state index in [0.29, 0.717) is 49.7 Å². The molecule has 216 valence electrons. The molecule has 0 aromatic heterocycles. The van der Waals surface area contributed by atoms with Gasteiger partial charge < -0.3 is 18.9 Å². The number of hydrogen-bond acceptors (Lipinski definition) is 7. The average molecular weight is 559 g/mol. The molecule has 7 heteroatoms. The monoisotopic (exact) mass is 558 g/mol. The molecule has 0 fully saturated rings. The fraction of sp³-hybridized carbons (Fsp3) is 0.324. The Bertz CT molecular complexity index is 1220. The second kappa shape index (κ2) is 18.1. The molecule has 0 aliphatic heterocycles. The van der Waals surface area contributed by atoms with Gasteiger partial charge in [-0.1, -0.05) is 49.0 Å². The SMILES string of the molecule is C=CC(=O)OCCCCCC(=O)OCCCCCCOc1ccc(C(=O)Oc2ccc(-c3ccccc3)cc2)cc1. The molecule has 0 atom stereocenters. The topological polar surface area (TPSA) is 88.1 Å². The lowest BCUT2D eigenvalue weighted by Gasteiger charge is -2.08. The van der Waals surface area contributed by atoms with Crippen molar-refractivity contribution in [1.29, 1.82) is 0 Å². The smallest absolute Gasteiger partial charge is 0.343 e. The Hall–Kier alpha value is -4.39. The fourth-order valence-corrected chi connectivity index (χ4v) is 3.98. The highest BCUT2D eigenvalue weighted by molar-refractivity contribution is 5.91. The summed E-state index contributed by atoms with van der Waals surface area (Å²) in [6.45, 7) is 4.67. The zero-order valence-electron chi connectivity index (χ0n) is 23.4. The number of benzene rings is 3. The lowest BCUT2D eigenvalue weighted by molar-refractivity contribution is -0.144. The number of carbonyl (C=O) groups excluding carboxylic acids is 3. The Morgan fingerprint density at radius 2 is 1.20 bits per heavy atom. The van der Waals surface area contributed by atoms with Crippen molar-refractivity contribution < 1.29 is 33.3 Å². The number of carbonyl (C=O) groups is 3. The minimum atomic E-state index is -0.425. The van der Waals surface area contributed by atoms with Crippen molar-refractivity contribution in [2.75, 3.05) is 19.8 Å². The van der Waals surface area contributed by atoms with Crippen molar-refractivity contribution in [3.63, 3.8) is 0 Å². The number of rotatable bonds is 18. The first-order valence-electron chi connectivity index (χ1n) is 14.1. The second-order valence-electron chi connectivity index (χ2n) is 9.47. The molecule has 0 unspecified atom stereocenters. The Morgan fingerprint density at radius 3 is 1.88 bits per heavy atom. The van der Waals surface area contributed by atoms with Gasteiger partial charge in [0.15, 0.2) is 0 Å². The van der Waals surface area contributed by atoms with Crippen LogP contribution in [0.4, 0.5) is 0 Å². The Labute approximate surface area is 242 Å². The third-order valence-corrected chi connectivity index (χ3v) is 6.27. The first kappa shape index (κ1) is 31.1. The molecule has 0 saturated carbocycles. The summed E-state index contributed by atoms with van der Waals surface area (Å²) in [7, 11) is 0. The van der Waals surface area contributed by atoms with E-state index in [1.54, 1.807) is 36.4 Å². The lowest BCUT2D eigenvalue weighted by atomic mass is 10.1. The van der Waals surface area contributed by atoms with Crippen LogP contribution in [-0.2, 0) is 19.1 Å². The van der Waals surface area contributed by atoms with Crippen LogP contribution in [0.1, 0.15) is 61.7 Å². The van der Waals surface area contributed by atoms with Crippen LogP contribution >= 0.6 is 0 Å². The fourth-order valence-electron chi connectivity index (χ4n) is 3.98. The maximum absolute atomic E-state index is 12.5. The first-order valence-corrected chi connectivity index (χ1v) is 14.1. The molecule has 0 N–H and O–H groups in total. The molecule has 0 radical (unpaired) electrons. The lowest BCUT2D eigenvalue weighted by Crippen LogP contribution is -2.08. The van der Waals surface area contributed by atoms with Crippen LogP contribution in [0.3, 0.4) is 0 Å². The van der Waals surface area contributed by atoms with E-state index in [1.165, 1.54) is 0 Å². The predicted molar refractivity (Wildman–Crippen MR) is 158 cm³/mol. The molecule has 41 heavy (non-hydrogen) atoms. The third-order valence-electron chi connectivity index (χ3n) is 6.27. The molecule has 0 aliphatic carbocycles. The molecular weight excluding hydrogens is 520 g/mol. The highest BCUT2D eigenvalue weighted by atomic mass is 16.5. The van der Waals surface area contributed by atoms with E-state index in [1.807, 2.05) is 42.5 Å². The average Bonchev–Trinajstić information content (AvgIpc) is 3.01. The Balaban J connectivity index is 1.21. The molecule has 0 saturated heterocycles. The molecule has 0 amide bonds. The molecule has 3 aromatic carbocycles. The van der Waals surface area contributed by atoms with Crippen LogP contribution in [0.25, 0.3) is 11.1 Å². The van der Waals surface area contributed by atoms with Crippen molar-refractivity contribution >= 4 is 17.9 Å². The van der Waals surface area contributed by atoms with Gasteiger partial charge in [-0.05, 0) is 92.5 Å². The molecule has 3 rings (SSSR count). The van der Waals surface area contributed by atoms with Gasteiger partial charge in [0, 0.05) is 12.5 Å². The standard InChI is InChI=1S/C34H38O7/c1-2-32(35)39-25-12-6-9-15-33(36)40-26-11-4-3-10-24-38-30-20-18-29(19-21-30)34(37)41-31-22-16-28(17-23-31)27-13-7-5-8-14-27/h2,5,7-8,13-14,16-23H,1,3-4,6,9-12,15,24-26H2. The van der Waals surface area contributed by atoms with Crippen molar-refractivity contribution in [2.24, 2.45) is 0 Å². The van der Waals surface area contributed by atoms with E-state index < -0.39 is 11.9 Å². The third kappa shape index (κ3) is 12.1. The molecular formula is C34H38O7. The zero-order chi connectivity index (χ0) is 29.1. The molecule has 0 bridgehead atoms. The Morgan fingerprint density at radius 1 is 0.610 bits per heavy atom. The largest absolute Gasteiger partial charge is 0.494 e. The second-order valence-corrected chi connectivity index (χ2v) is 9.47. The highest BCUT2D eigenvalue weighted by Crippen LogP contribution is 2.23. The summed E-state index contributed by atoms with van der Waals surface area (Å²) in [6.07, 6.45) is 7.36. The quantitative estimate of drug-likeness (QED) is 0.0698. The van der Waals surface area contributed by atoms with E-state index in [2.05, 4.69) is 6.58 Å². The van der Waals surface area contributed by atoms with Crippen molar-refractivity contribution in [3.05, 3.63) is 97.1 Å². The Kier molecular flexibility index (Phi) is 13.7. The van der Waals surface area contributed by atoms with Crippen molar-refractivity contribution in [2.45, 2.75) is 51.4 Å². The van der Waals surface area contributed by atoms with Crippen LogP contribution < -0.4 is 9.47 Å². The summed E-state index contributed by atoms with van der Waals surface area (Å²) in [6, 6.07) is 24.4. The van der Waals surface area contributed by atoms with Crippen LogP contribution in [0.15, 0.2) is 91.5 Å². The molecule has 0 aliphatic rings. The molecule has 3 aromatic rings. The first-order chi connectivity index (χ1) is 20.0. The van der Waals surface area contributed by atoms with Crippen LogP contribution in [0.2, 0.25) is 0 Å².